The van der Waals surface area contributed by atoms with E-state index < -0.39 is 0 Å². The van der Waals surface area contributed by atoms with E-state index in [2.05, 4.69) is 51.5 Å². The molecule has 17 heavy (non-hydrogen) atoms. The monoisotopic (exact) mass is 299 g/mol. The van der Waals surface area contributed by atoms with Crippen LogP contribution in [0.3, 0.4) is 0 Å². The molecule has 0 radical (unpaired) electrons. The Morgan fingerprint density at radius 3 is 2.65 bits per heavy atom. The average Bonchev–Trinajstić information content (AvgIpc) is 3.06. The fourth-order valence-corrected chi connectivity index (χ4v) is 2.92. The van der Waals surface area contributed by atoms with Gasteiger partial charge in [0.2, 0.25) is 0 Å². The van der Waals surface area contributed by atoms with Gasteiger partial charge in [0, 0.05) is 19.6 Å². The summed E-state index contributed by atoms with van der Waals surface area (Å²) < 4.78 is 3.34. The highest BCUT2D eigenvalue weighted by Gasteiger charge is 2.24. The van der Waals surface area contributed by atoms with Crippen molar-refractivity contribution in [2.45, 2.75) is 46.2 Å². The van der Waals surface area contributed by atoms with Gasteiger partial charge < -0.3 is 4.90 Å². The van der Waals surface area contributed by atoms with Gasteiger partial charge in [-0.2, -0.15) is 5.10 Å². The predicted octanol–water partition coefficient (Wildman–Crippen LogP) is 3.07. The first-order valence-electron chi connectivity index (χ1n) is 6.58. The second kappa shape index (κ2) is 5.53. The molecule has 96 valence electrons. The van der Waals surface area contributed by atoms with E-state index >= 15 is 0 Å². The molecule has 0 saturated heterocycles. The molecule has 0 aromatic carbocycles. The van der Waals surface area contributed by atoms with Crippen LogP contribution in [0.5, 0.6) is 0 Å². The maximum absolute atomic E-state index is 4.64. The minimum Gasteiger partial charge on any atom is -0.300 e. The fourth-order valence-electron chi connectivity index (χ4n) is 2.23. The summed E-state index contributed by atoms with van der Waals surface area (Å²) in [6, 6.07) is 0. The van der Waals surface area contributed by atoms with E-state index in [1.54, 1.807) is 0 Å². The average molecular weight is 300 g/mol. The van der Waals surface area contributed by atoms with Gasteiger partial charge in [0.15, 0.2) is 0 Å². The van der Waals surface area contributed by atoms with E-state index in [0.29, 0.717) is 0 Å². The molecule has 0 N–H and O–H groups in total. The lowest BCUT2D eigenvalue weighted by atomic mass is 10.3. The zero-order chi connectivity index (χ0) is 12.4. The highest BCUT2D eigenvalue weighted by Crippen LogP contribution is 2.30. The topological polar surface area (TPSA) is 21.1 Å². The van der Waals surface area contributed by atoms with Gasteiger partial charge in [-0.05, 0) is 55.1 Å². The fraction of sp³-hybridized carbons (Fsp3) is 0.769. The van der Waals surface area contributed by atoms with Gasteiger partial charge in [0.25, 0.3) is 0 Å². The molecule has 3 nitrogen and oxygen atoms in total. The second-order valence-electron chi connectivity index (χ2n) is 5.02. The normalized spacial score (nSPS) is 15.8. The summed E-state index contributed by atoms with van der Waals surface area (Å²) in [5.74, 6) is 0.947. The van der Waals surface area contributed by atoms with Crippen molar-refractivity contribution in [1.29, 1.82) is 0 Å². The molecule has 0 bridgehead atoms. The van der Waals surface area contributed by atoms with Crippen LogP contribution in [0.2, 0.25) is 0 Å². The quantitative estimate of drug-likeness (QED) is 0.805. The molecule has 4 heteroatoms. The zero-order valence-corrected chi connectivity index (χ0v) is 12.6. The highest BCUT2D eigenvalue weighted by atomic mass is 79.9. The third-order valence-corrected chi connectivity index (χ3v) is 4.30. The number of halogens is 1. The number of hydrogen-bond donors (Lipinski definition) is 0. The highest BCUT2D eigenvalue weighted by molar-refractivity contribution is 9.10. The first kappa shape index (κ1) is 13.1. The lowest BCUT2D eigenvalue weighted by Crippen LogP contribution is -2.22. The summed E-state index contributed by atoms with van der Waals surface area (Å²) in [4.78, 5) is 2.42. The summed E-state index contributed by atoms with van der Waals surface area (Å²) >= 11 is 3.70. The minimum atomic E-state index is 0.947. The molecule has 0 amide bonds. The largest absolute Gasteiger partial charge is 0.300 e. The van der Waals surface area contributed by atoms with Crippen molar-refractivity contribution >= 4 is 15.9 Å². The number of aromatic nitrogens is 2. The Balaban J connectivity index is 2.09. The molecule has 1 saturated carbocycles. The maximum Gasteiger partial charge on any atom is 0.0767 e. The van der Waals surface area contributed by atoms with Crippen molar-refractivity contribution in [3.63, 3.8) is 0 Å². The lowest BCUT2D eigenvalue weighted by molar-refractivity contribution is 0.302. The van der Waals surface area contributed by atoms with Crippen molar-refractivity contribution in [2.24, 2.45) is 5.92 Å². The number of hydrogen-bond acceptors (Lipinski definition) is 2. The molecule has 0 unspecified atom stereocenters. The maximum atomic E-state index is 4.64. The molecule has 1 heterocycles. The third kappa shape index (κ3) is 3.10. The van der Waals surface area contributed by atoms with Crippen LogP contribution in [0.1, 0.15) is 38.1 Å². The van der Waals surface area contributed by atoms with Gasteiger partial charge >= 0.3 is 0 Å². The first-order valence-corrected chi connectivity index (χ1v) is 7.37. The van der Waals surface area contributed by atoms with E-state index in [1.165, 1.54) is 35.2 Å². The summed E-state index contributed by atoms with van der Waals surface area (Å²) in [6.45, 7) is 7.49. The molecule has 0 spiro atoms. The van der Waals surface area contributed by atoms with Crippen LogP contribution < -0.4 is 0 Å². The van der Waals surface area contributed by atoms with Crippen LogP contribution in [0.25, 0.3) is 0 Å². The van der Waals surface area contributed by atoms with Crippen LogP contribution in [0, 0.1) is 5.92 Å². The second-order valence-corrected chi connectivity index (χ2v) is 5.81. The predicted molar refractivity (Wildman–Crippen MR) is 74.0 cm³/mol. The Morgan fingerprint density at radius 2 is 2.12 bits per heavy atom. The SMILES string of the molecule is CCc1nn(CC)c(CN(C)CC2CC2)c1Br. The first-order chi connectivity index (χ1) is 8.15. The molecule has 1 aromatic rings. The molecule has 0 aliphatic heterocycles. The van der Waals surface area contributed by atoms with Crippen molar-refractivity contribution in [2.75, 3.05) is 13.6 Å². The molecule has 1 aliphatic rings. The standard InChI is InChI=1S/C13H22BrN3/c1-4-11-13(14)12(17(5-2)15-11)9-16(3)8-10-6-7-10/h10H,4-9H2,1-3H3. The van der Waals surface area contributed by atoms with E-state index in [9.17, 15) is 0 Å². The summed E-state index contributed by atoms with van der Waals surface area (Å²) in [6.07, 6.45) is 3.82. The van der Waals surface area contributed by atoms with Gasteiger partial charge in [-0.1, -0.05) is 6.92 Å². The van der Waals surface area contributed by atoms with Gasteiger partial charge in [0.05, 0.1) is 15.9 Å². The van der Waals surface area contributed by atoms with Gasteiger partial charge in [-0.15, -0.1) is 0 Å². The van der Waals surface area contributed by atoms with Gasteiger partial charge in [-0.25, -0.2) is 0 Å². The van der Waals surface area contributed by atoms with E-state index in [0.717, 1.165) is 25.4 Å². The third-order valence-electron chi connectivity index (χ3n) is 3.38. The van der Waals surface area contributed by atoms with Crippen molar-refractivity contribution in [3.8, 4) is 0 Å². The number of nitrogens with zero attached hydrogens (tertiary/aromatic N) is 3. The molecule has 2 rings (SSSR count). The van der Waals surface area contributed by atoms with E-state index in [-0.39, 0.29) is 0 Å². The Kier molecular flexibility index (Phi) is 4.26. The zero-order valence-electron chi connectivity index (χ0n) is 11.0. The molecule has 1 fully saturated rings. The van der Waals surface area contributed by atoms with Crippen LogP contribution in [-0.4, -0.2) is 28.3 Å². The van der Waals surface area contributed by atoms with Crippen LogP contribution in [0.4, 0.5) is 0 Å². The summed E-state index contributed by atoms with van der Waals surface area (Å²) in [5.41, 5.74) is 2.51. The summed E-state index contributed by atoms with van der Waals surface area (Å²) in [7, 11) is 2.21. The Morgan fingerprint density at radius 1 is 1.41 bits per heavy atom. The van der Waals surface area contributed by atoms with Crippen molar-refractivity contribution < 1.29 is 0 Å². The Labute approximate surface area is 112 Å². The molecule has 1 aliphatic carbocycles. The minimum absolute atomic E-state index is 0.947. The number of aryl methyl sites for hydroxylation is 2. The lowest BCUT2D eigenvalue weighted by Gasteiger charge is -2.17. The smallest absolute Gasteiger partial charge is 0.0767 e. The van der Waals surface area contributed by atoms with Crippen LogP contribution in [-0.2, 0) is 19.5 Å². The molecular weight excluding hydrogens is 278 g/mol. The summed E-state index contributed by atoms with van der Waals surface area (Å²) in [5, 5.41) is 4.64. The van der Waals surface area contributed by atoms with E-state index in [1.807, 2.05) is 0 Å². The molecule has 1 aromatic heterocycles. The number of rotatable bonds is 6. The molecule has 0 atom stereocenters. The Bertz CT molecular complexity index is 382. The van der Waals surface area contributed by atoms with Gasteiger partial charge in [0.1, 0.15) is 0 Å². The van der Waals surface area contributed by atoms with E-state index in [4.69, 9.17) is 0 Å². The molecular formula is C13H22BrN3. The van der Waals surface area contributed by atoms with Crippen LogP contribution in [0.15, 0.2) is 4.47 Å². The van der Waals surface area contributed by atoms with Crippen LogP contribution >= 0.6 is 15.9 Å². The Hall–Kier alpha value is -0.350. The van der Waals surface area contributed by atoms with Crippen molar-refractivity contribution in [3.05, 3.63) is 15.9 Å². The van der Waals surface area contributed by atoms with Gasteiger partial charge in [-0.3, -0.25) is 4.68 Å². The van der Waals surface area contributed by atoms with Crippen molar-refractivity contribution in [1.82, 2.24) is 14.7 Å².